The molecule has 0 unspecified atom stereocenters. The van der Waals surface area contributed by atoms with E-state index in [0.717, 1.165) is 0 Å². The van der Waals surface area contributed by atoms with Crippen molar-refractivity contribution in [3.63, 3.8) is 0 Å². The lowest BCUT2D eigenvalue weighted by molar-refractivity contribution is -0.143. The second-order valence-electron chi connectivity index (χ2n) is 7.30. The van der Waals surface area contributed by atoms with Crippen LogP contribution in [0.1, 0.15) is 41.5 Å². The molecule has 0 aromatic heterocycles. The highest BCUT2D eigenvalue weighted by Crippen LogP contribution is 2.38. The molecule has 1 rings (SSSR count). The van der Waals surface area contributed by atoms with E-state index < -0.39 is 23.6 Å². The number of rotatable bonds is 1. The zero-order valence-electron chi connectivity index (χ0n) is 12.7. The normalized spacial score (nSPS) is 24.4. The van der Waals surface area contributed by atoms with Gasteiger partial charge in [-0.25, -0.2) is 4.79 Å². The number of carbonyl (C=O) groups is 2. The van der Waals surface area contributed by atoms with Crippen molar-refractivity contribution >= 4 is 12.1 Å². The molecule has 2 atom stereocenters. The van der Waals surface area contributed by atoms with Gasteiger partial charge in [-0.1, -0.05) is 20.8 Å². The minimum absolute atomic E-state index is 0.0579. The Bertz CT molecular complexity index is 365. The molecule has 110 valence electrons. The molecular formula is C14H25NO4. The third kappa shape index (κ3) is 4.11. The predicted octanol–water partition coefficient (Wildman–Crippen LogP) is 2.60. The van der Waals surface area contributed by atoms with Gasteiger partial charge in [0.2, 0.25) is 0 Å². The Morgan fingerprint density at radius 2 is 1.63 bits per heavy atom. The topological polar surface area (TPSA) is 66.8 Å². The molecule has 5 heteroatoms. The van der Waals surface area contributed by atoms with Gasteiger partial charge in [-0.15, -0.1) is 0 Å². The Morgan fingerprint density at radius 3 is 1.95 bits per heavy atom. The summed E-state index contributed by atoms with van der Waals surface area (Å²) in [5.74, 6) is -1.42. The van der Waals surface area contributed by atoms with E-state index in [-0.39, 0.29) is 17.9 Å². The van der Waals surface area contributed by atoms with Crippen LogP contribution in [0.3, 0.4) is 0 Å². The first-order valence-corrected chi connectivity index (χ1v) is 6.62. The number of amides is 1. The van der Waals surface area contributed by atoms with Gasteiger partial charge in [0.05, 0.1) is 5.92 Å². The molecule has 0 aromatic carbocycles. The molecule has 1 fully saturated rings. The number of aliphatic carboxylic acids is 1. The molecule has 1 aliphatic rings. The Morgan fingerprint density at radius 1 is 1.11 bits per heavy atom. The third-order valence-electron chi connectivity index (χ3n) is 3.40. The summed E-state index contributed by atoms with van der Waals surface area (Å²) < 4.78 is 5.30. The first kappa shape index (κ1) is 15.8. The van der Waals surface area contributed by atoms with Crippen LogP contribution in [0.2, 0.25) is 0 Å². The van der Waals surface area contributed by atoms with E-state index in [9.17, 15) is 14.7 Å². The lowest BCUT2D eigenvalue weighted by atomic mass is 9.75. The molecule has 0 aliphatic carbocycles. The monoisotopic (exact) mass is 271 g/mol. The lowest BCUT2D eigenvalue weighted by Gasteiger charge is -2.29. The Kier molecular flexibility index (Phi) is 4.17. The van der Waals surface area contributed by atoms with Crippen molar-refractivity contribution in [1.29, 1.82) is 0 Å². The predicted molar refractivity (Wildman–Crippen MR) is 71.9 cm³/mol. The maximum atomic E-state index is 12.0. The summed E-state index contributed by atoms with van der Waals surface area (Å²) in [6, 6.07) is 0. The van der Waals surface area contributed by atoms with Crippen LogP contribution in [0, 0.1) is 17.3 Å². The van der Waals surface area contributed by atoms with Crippen molar-refractivity contribution in [2.45, 2.75) is 47.1 Å². The zero-order valence-corrected chi connectivity index (χ0v) is 12.7. The van der Waals surface area contributed by atoms with E-state index in [0.29, 0.717) is 6.54 Å². The van der Waals surface area contributed by atoms with Gasteiger partial charge < -0.3 is 14.7 Å². The number of nitrogens with zero attached hydrogens (tertiary/aromatic N) is 1. The van der Waals surface area contributed by atoms with Crippen molar-refractivity contribution in [2.75, 3.05) is 13.1 Å². The van der Waals surface area contributed by atoms with Crippen molar-refractivity contribution < 1.29 is 19.4 Å². The van der Waals surface area contributed by atoms with E-state index >= 15 is 0 Å². The van der Waals surface area contributed by atoms with Crippen LogP contribution in [-0.2, 0) is 9.53 Å². The van der Waals surface area contributed by atoms with Gasteiger partial charge >= 0.3 is 12.1 Å². The Labute approximate surface area is 114 Å². The molecule has 1 N–H and O–H groups in total. The summed E-state index contributed by atoms with van der Waals surface area (Å²) in [6.07, 6.45) is -0.425. The first-order chi connectivity index (χ1) is 8.42. The zero-order chi connectivity index (χ0) is 15.0. The summed E-state index contributed by atoms with van der Waals surface area (Å²) in [7, 11) is 0. The second-order valence-corrected chi connectivity index (χ2v) is 7.30. The minimum Gasteiger partial charge on any atom is -0.481 e. The molecule has 1 heterocycles. The number of carbonyl (C=O) groups excluding carboxylic acids is 1. The molecule has 1 saturated heterocycles. The average Bonchev–Trinajstić information content (AvgIpc) is 2.57. The molecule has 0 spiro atoms. The van der Waals surface area contributed by atoms with Crippen molar-refractivity contribution in [1.82, 2.24) is 4.90 Å². The number of hydrogen-bond acceptors (Lipinski definition) is 3. The maximum absolute atomic E-state index is 12.0. The number of likely N-dealkylation sites (tertiary alicyclic amines) is 1. The van der Waals surface area contributed by atoms with Crippen LogP contribution in [0.15, 0.2) is 0 Å². The van der Waals surface area contributed by atoms with Gasteiger partial charge in [-0.05, 0) is 32.1 Å². The third-order valence-corrected chi connectivity index (χ3v) is 3.40. The van der Waals surface area contributed by atoms with E-state index in [2.05, 4.69) is 0 Å². The fraction of sp³-hybridized carbons (Fsp3) is 0.857. The molecular weight excluding hydrogens is 246 g/mol. The lowest BCUT2D eigenvalue weighted by Crippen LogP contribution is -2.36. The molecule has 1 amide bonds. The average molecular weight is 271 g/mol. The fourth-order valence-corrected chi connectivity index (χ4v) is 2.41. The van der Waals surface area contributed by atoms with Crippen molar-refractivity contribution in [3.8, 4) is 0 Å². The highest BCUT2D eigenvalue weighted by molar-refractivity contribution is 5.74. The first-order valence-electron chi connectivity index (χ1n) is 6.62. The Balaban J connectivity index is 2.81. The fourth-order valence-electron chi connectivity index (χ4n) is 2.41. The number of hydrogen-bond donors (Lipinski definition) is 1. The summed E-state index contributed by atoms with van der Waals surface area (Å²) in [5.41, 5.74) is -0.713. The summed E-state index contributed by atoms with van der Waals surface area (Å²) >= 11 is 0. The molecule has 0 radical (unpaired) electrons. The van der Waals surface area contributed by atoms with Crippen LogP contribution < -0.4 is 0 Å². The van der Waals surface area contributed by atoms with Gasteiger partial charge in [0, 0.05) is 13.1 Å². The highest BCUT2D eigenvalue weighted by atomic mass is 16.6. The minimum atomic E-state index is -0.842. The summed E-state index contributed by atoms with van der Waals surface area (Å²) in [5, 5.41) is 9.30. The van der Waals surface area contributed by atoms with Gasteiger partial charge in [-0.2, -0.15) is 0 Å². The van der Waals surface area contributed by atoms with Gasteiger partial charge in [0.15, 0.2) is 0 Å². The standard InChI is InChI=1S/C14H25NO4/c1-13(2,3)10-8-15(7-9(10)11(16)17)12(18)19-14(4,5)6/h9-10H,7-8H2,1-6H3,(H,16,17)/t9-,10-/m0/s1. The molecule has 5 nitrogen and oxygen atoms in total. The molecule has 0 aromatic rings. The largest absolute Gasteiger partial charge is 0.481 e. The smallest absolute Gasteiger partial charge is 0.410 e. The molecule has 19 heavy (non-hydrogen) atoms. The van der Waals surface area contributed by atoms with E-state index in [4.69, 9.17) is 4.74 Å². The number of carboxylic acid groups (broad SMARTS) is 1. The highest BCUT2D eigenvalue weighted by Gasteiger charge is 2.45. The van der Waals surface area contributed by atoms with Crippen LogP contribution in [-0.4, -0.2) is 40.8 Å². The molecule has 1 aliphatic heterocycles. The van der Waals surface area contributed by atoms with E-state index in [1.54, 1.807) is 20.8 Å². The summed E-state index contributed by atoms with van der Waals surface area (Å²) in [4.78, 5) is 24.9. The van der Waals surface area contributed by atoms with Gasteiger partial charge in [0.25, 0.3) is 0 Å². The van der Waals surface area contributed by atoms with E-state index in [1.165, 1.54) is 4.90 Å². The molecule has 0 saturated carbocycles. The Hall–Kier alpha value is -1.26. The van der Waals surface area contributed by atoms with Crippen LogP contribution in [0.4, 0.5) is 4.79 Å². The van der Waals surface area contributed by atoms with Crippen LogP contribution in [0.5, 0.6) is 0 Å². The quantitative estimate of drug-likeness (QED) is 0.796. The SMILES string of the molecule is CC(C)(C)OC(=O)N1C[C@H](C(=O)O)[C@@H](C(C)(C)C)C1. The molecule has 0 bridgehead atoms. The van der Waals surface area contributed by atoms with Crippen molar-refractivity contribution in [3.05, 3.63) is 0 Å². The van der Waals surface area contributed by atoms with Gasteiger partial charge in [-0.3, -0.25) is 4.79 Å². The number of carboxylic acids is 1. The maximum Gasteiger partial charge on any atom is 0.410 e. The number of ether oxygens (including phenoxy) is 1. The van der Waals surface area contributed by atoms with Crippen molar-refractivity contribution in [2.24, 2.45) is 17.3 Å². The summed E-state index contributed by atoms with van der Waals surface area (Å²) in [6.45, 7) is 12.1. The van der Waals surface area contributed by atoms with Crippen LogP contribution >= 0.6 is 0 Å². The van der Waals surface area contributed by atoms with Gasteiger partial charge in [0.1, 0.15) is 5.60 Å². The van der Waals surface area contributed by atoms with Crippen LogP contribution in [0.25, 0.3) is 0 Å². The second kappa shape index (κ2) is 5.02. The van der Waals surface area contributed by atoms with E-state index in [1.807, 2.05) is 20.8 Å².